The van der Waals surface area contributed by atoms with Crippen LogP contribution in [0.5, 0.6) is 0 Å². The van der Waals surface area contributed by atoms with E-state index in [0.29, 0.717) is 0 Å². The third-order valence-corrected chi connectivity index (χ3v) is 5.37. The number of hydrogen-bond acceptors (Lipinski definition) is 4. The van der Waals surface area contributed by atoms with E-state index < -0.39 is 6.04 Å². The molecule has 2 N–H and O–H groups in total. The highest BCUT2D eigenvalue weighted by atomic mass is 16.5. The molecule has 1 saturated heterocycles. The molecular formula is C16H30N2O3. The minimum atomic E-state index is -0.402. The van der Waals surface area contributed by atoms with Crippen LogP contribution in [0.15, 0.2) is 0 Å². The highest BCUT2D eigenvalue weighted by molar-refractivity contribution is 5.82. The molecule has 2 rings (SSSR count). The molecule has 3 unspecified atom stereocenters. The van der Waals surface area contributed by atoms with E-state index in [-0.39, 0.29) is 29.4 Å². The smallest absolute Gasteiger partial charge is 0.239 e. The van der Waals surface area contributed by atoms with E-state index in [1.165, 1.54) is 0 Å². The summed E-state index contributed by atoms with van der Waals surface area (Å²) in [5.41, 5.74) is 6.21. The van der Waals surface area contributed by atoms with Crippen LogP contribution in [-0.4, -0.2) is 55.9 Å². The maximum Gasteiger partial charge on any atom is 0.239 e. The van der Waals surface area contributed by atoms with Gasteiger partial charge in [0.05, 0.1) is 12.1 Å². The van der Waals surface area contributed by atoms with Gasteiger partial charge >= 0.3 is 0 Å². The molecule has 2 aliphatic rings. The van der Waals surface area contributed by atoms with Crippen LogP contribution in [0.2, 0.25) is 0 Å². The number of hydrogen-bond donors (Lipinski definition) is 1. The van der Waals surface area contributed by atoms with Crippen molar-refractivity contribution in [2.45, 2.75) is 58.2 Å². The molecule has 1 amide bonds. The average molecular weight is 298 g/mol. The lowest BCUT2D eigenvalue weighted by molar-refractivity contribution is -0.165. The molecule has 1 saturated carbocycles. The normalized spacial score (nSPS) is 30.5. The lowest BCUT2D eigenvalue weighted by atomic mass is 9.63. The van der Waals surface area contributed by atoms with E-state index in [2.05, 4.69) is 13.8 Å². The Morgan fingerprint density at radius 1 is 1.43 bits per heavy atom. The van der Waals surface area contributed by atoms with Crippen molar-refractivity contribution < 1.29 is 14.3 Å². The van der Waals surface area contributed by atoms with Crippen molar-refractivity contribution in [2.75, 3.05) is 26.9 Å². The van der Waals surface area contributed by atoms with Gasteiger partial charge < -0.3 is 20.1 Å². The summed E-state index contributed by atoms with van der Waals surface area (Å²) in [6, 6.07) is -0.187. The number of rotatable bonds is 5. The molecule has 3 atom stereocenters. The van der Waals surface area contributed by atoms with Gasteiger partial charge in [-0.15, -0.1) is 0 Å². The lowest BCUT2D eigenvalue weighted by Crippen LogP contribution is -2.64. The lowest BCUT2D eigenvalue weighted by Gasteiger charge is -2.55. The van der Waals surface area contributed by atoms with Crippen LogP contribution in [0.25, 0.3) is 0 Å². The molecule has 0 bridgehead atoms. The van der Waals surface area contributed by atoms with E-state index >= 15 is 0 Å². The van der Waals surface area contributed by atoms with E-state index in [0.717, 1.165) is 39.1 Å². The Labute approximate surface area is 128 Å². The number of amides is 1. The predicted octanol–water partition coefficient (Wildman–Crippen LogP) is 1.40. The third-order valence-electron chi connectivity index (χ3n) is 5.37. The van der Waals surface area contributed by atoms with Crippen molar-refractivity contribution in [2.24, 2.45) is 17.1 Å². The molecule has 0 spiro atoms. The number of nitrogens with zero attached hydrogens (tertiary/aromatic N) is 1. The Balaban J connectivity index is 1.93. The predicted molar refractivity (Wildman–Crippen MR) is 81.9 cm³/mol. The van der Waals surface area contributed by atoms with Gasteiger partial charge in [-0.3, -0.25) is 4.79 Å². The fraction of sp³-hybridized carbons (Fsp3) is 0.938. The zero-order chi connectivity index (χ0) is 15.6. The molecule has 21 heavy (non-hydrogen) atoms. The Morgan fingerprint density at radius 3 is 2.57 bits per heavy atom. The van der Waals surface area contributed by atoms with Gasteiger partial charge in [0.25, 0.3) is 0 Å². The molecule has 1 aliphatic carbocycles. The molecule has 1 aliphatic heterocycles. The van der Waals surface area contributed by atoms with Crippen molar-refractivity contribution >= 4 is 5.91 Å². The van der Waals surface area contributed by atoms with Crippen molar-refractivity contribution in [3.63, 3.8) is 0 Å². The van der Waals surface area contributed by atoms with Crippen LogP contribution in [0.4, 0.5) is 0 Å². The van der Waals surface area contributed by atoms with E-state index in [1.54, 1.807) is 0 Å². The summed E-state index contributed by atoms with van der Waals surface area (Å²) in [6.45, 7) is 8.52. The summed E-state index contributed by atoms with van der Waals surface area (Å²) in [6.07, 6.45) is 2.91. The van der Waals surface area contributed by atoms with Crippen LogP contribution in [0.3, 0.4) is 0 Å². The number of carbonyl (C=O) groups excluding carboxylic acids is 1. The summed E-state index contributed by atoms with van der Waals surface area (Å²) in [5, 5.41) is 0. The van der Waals surface area contributed by atoms with Crippen LogP contribution in [0, 0.1) is 11.3 Å². The summed E-state index contributed by atoms with van der Waals surface area (Å²) in [4.78, 5) is 14.5. The quantitative estimate of drug-likeness (QED) is 0.833. The Morgan fingerprint density at radius 2 is 2.05 bits per heavy atom. The first-order valence-corrected chi connectivity index (χ1v) is 8.11. The maximum absolute atomic E-state index is 12.6. The van der Waals surface area contributed by atoms with Crippen molar-refractivity contribution in [1.82, 2.24) is 4.90 Å². The van der Waals surface area contributed by atoms with Gasteiger partial charge in [0.15, 0.2) is 0 Å². The van der Waals surface area contributed by atoms with Crippen LogP contribution in [0.1, 0.15) is 40.0 Å². The summed E-state index contributed by atoms with van der Waals surface area (Å²) in [5.74, 6) is 0.314. The molecular weight excluding hydrogens is 268 g/mol. The summed E-state index contributed by atoms with van der Waals surface area (Å²) in [7, 11) is 1.89. The first kappa shape index (κ1) is 16.7. The van der Waals surface area contributed by atoms with Gasteiger partial charge in [0.1, 0.15) is 0 Å². The fourth-order valence-corrected chi connectivity index (χ4v) is 3.67. The minimum absolute atomic E-state index is 0.00415. The average Bonchev–Trinajstić information content (AvgIpc) is 2.49. The fourth-order valence-electron chi connectivity index (χ4n) is 3.67. The molecule has 1 heterocycles. The highest BCUT2D eigenvalue weighted by Crippen LogP contribution is 2.45. The molecule has 0 aromatic heterocycles. The largest absolute Gasteiger partial charge is 0.381 e. The van der Waals surface area contributed by atoms with Gasteiger partial charge in [-0.1, -0.05) is 13.8 Å². The van der Waals surface area contributed by atoms with Crippen molar-refractivity contribution in [3.8, 4) is 0 Å². The molecule has 5 heteroatoms. The van der Waals surface area contributed by atoms with Crippen LogP contribution in [-0.2, 0) is 14.3 Å². The second-order valence-electron chi connectivity index (χ2n) is 6.94. The summed E-state index contributed by atoms with van der Waals surface area (Å²) < 4.78 is 11.1. The van der Waals surface area contributed by atoms with E-state index in [1.807, 2.05) is 18.9 Å². The van der Waals surface area contributed by atoms with E-state index in [9.17, 15) is 4.79 Å². The number of carbonyl (C=O) groups is 1. The molecule has 2 fully saturated rings. The van der Waals surface area contributed by atoms with Gasteiger partial charge in [-0.2, -0.15) is 0 Å². The highest BCUT2D eigenvalue weighted by Gasteiger charge is 2.52. The number of likely N-dealkylation sites (N-methyl/N-ethyl adjacent to an activating group) is 1. The zero-order valence-corrected chi connectivity index (χ0v) is 13.8. The minimum Gasteiger partial charge on any atom is -0.381 e. The standard InChI is InChI=1S/C16H30N2O3/c1-5-21-13-10-12(16(13,2)3)18(4)15(19)14(17)11-6-8-20-9-7-11/h11-14H,5-10,17H2,1-4H3. The second kappa shape index (κ2) is 6.63. The molecule has 122 valence electrons. The topological polar surface area (TPSA) is 64.8 Å². The third kappa shape index (κ3) is 3.25. The first-order chi connectivity index (χ1) is 9.89. The van der Waals surface area contributed by atoms with Crippen molar-refractivity contribution in [1.29, 1.82) is 0 Å². The van der Waals surface area contributed by atoms with Crippen LogP contribution < -0.4 is 5.73 Å². The summed E-state index contributed by atoms with van der Waals surface area (Å²) >= 11 is 0. The molecule has 0 aromatic carbocycles. The van der Waals surface area contributed by atoms with Crippen LogP contribution >= 0.6 is 0 Å². The SMILES string of the molecule is CCOC1CC(N(C)C(=O)C(N)C2CCOCC2)C1(C)C. The maximum atomic E-state index is 12.6. The monoisotopic (exact) mass is 298 g/mol. The zero-order valence-electron chi connectivity index (χ0n) is 13.8. The van der Waals surface area contributed by atoms with Crippen molar-refractivity contribution in [3.05, 3.63) is 0 Å². The second-order valence-corrected chi connectivity index (χ2v) is 6.94. The molecule has 0 aromatic rings. The Hall–Kier alpha value is -0.650. The first-order valence-electron chi connectivity index (χ1n) is 8.11. The molecule has 5 nitrogen and oxygen atoms in total. The van der Waals surface area contributed by atoms with Gasteiger partial charge in [-0.05, 0) is 32.1 Å². The van der Waals surface area contributed by atoms with Gasteiger partial charge in [-0.25, -0.2) is 0 Å². The number of ether oxygens (including phenoxy) is 2. The van der Waals surface area contributed by atoms with Gasteiger partial charge in [0, 0.05) is 38.3 Å². The Bertz CT molecular complexity index is 367. The van der Waals surface area contributed by atoms with E-state index in [4.69, 9.17) is 15.2 Å². The number of nitrogens with two attached hydrogens (primary N) is 1. The Kier molecular flexibility index (Phi) is 5.28. The van der Waals surface area contributed by atoms with Gasteiger partial charge in [0.2, 0.25) is 5.91 Å². The molecule has 0 radical (unpaired) electrons.